The minimum atomic E-state index is -0.285. The van der Waals surface area contributed by atoms with Gasteiger partial charge in [0, 0.05) is 5.69 Å². The highest BCUT2D eigenvalue weighted by molar-refractivity contribution is 5.72. The van der Waals surface area contributed by atoms with Gasteiger partial charge in [-0.1, -0.05) is 0 Å². The van der Waals surface area contributed by atoms with E-state index < -0.39 is 0 Å². The molecule has 0 N–H and O–H groups in total. The Bertz CT molecular complexity index is 408. The maximum atomic E-state index is 11.2. The molecule has 0 saturated carbocycles. The maximum Gasteiger partial charge on any atom is 0.310 e. The molecule has 0 spiro atoms. The molecule has 0 fully saturated rings. The Labute approximate surface area is 88.5 Å². The molecule has 1 aromatic heterocycles. The third-order valence-electron chi connectivity index (χ3n) is 1.78. The van der Waals surface area contributed by atoms with Crippen molar-refractivity contribution in [3.63, 3.8) is 0 Å². The highest BCUT2D eigenvalue weighted by atomic mass is 16.5. The molecule has 1 aromatic rings. The van der Waals surface area contributed by atoms with E-state index in [4.69, 9.17) is 10.00 Å². The molecule has 0 aromatic carbocycles. The summed E-state index contributed by atoms with van der Waals surface area (Å²) in [5, 5.41) is 8.70. The fraction of sp³-hybridized carbons (Fsp3) is 0.364. The van der Waals surface area contributed by atoms with Crippen LogP contribution in [0.1, 0.15) is 23.9 Å². The van der Waals surface area contributed by atoms with Crippen LogP contribution in [0.25, 0.3) is 0 Å². The van der Waals surface area contributed by atoms with Crippen molar-refractivity contribution >= 4 is 5.97 Å². The smallest absolute Gasteiger partial charge is 0.310 e. The molecule has 1 rings (SSSR count). The largest absolute Gasteiger partial charge is 0.466 e. The number of esters is 1. The van der Waals surface area contributed by atoms with Crippen molar-refractivity contribution in [2.45, 2.75) is 20.3 Å². The van der Waals surface area contributed by atoms with Crippen LogP contribution in [0.3, 0.4) is 0 Å². The number of rotatable bonds is 3. The first-order valence-electron chi connectivity index (χ1n) is 4.69. The molecule has 0 saturated heterocycles. The highest BCUT2D eigenvalue weighted by Gasteiger charge is 2.06. The van der Waals surface area contributed by atoms with Crippen LogP contribution in [0.2, 0.25) is 0 Å². The van der Waals surface area contributed by atoms with E-state index in [1.165, 1.54) is 0 Å². The van der Waals surface area contributed by atoms with E-state index in [0.29, 0.717) is 12.3 Å². The average molecular weight is 204 g/mol. The molecule has 15 heavy (non-hydrogen) atoms. The Morgan fingerprint density at radius 2 is 2.33 bits per heavy atom. The Morgan fingerprint density at radius 3 is 2.93 bits per heavy atom. The summed E-state index contributed by atoms with van der Waals surface area (Å²) < 4.78 is 4.82. The number of aromatic nitrogens is 1. The molecule has 0 aliphatic carbocycles. The molecular formula is C11H12N2O2. The van der Waals surface area contributed by atoms with Gasteiger partial charge in [-0.25, -0.2) is 4.98 Å². The van der Waals surface area contributed by atoms with E-state index in [1.54, 1.807) is 26.0 Å². The number of pyridine rings is 1. The third kappa shape index (κ3) is 3.39. The molecule has 0 amide bonds. The normalized spacial score (nSPS) is 9.40. The summed E-state index contributed by atoms with van der Waals surface area (Å²) in [4.78, 5) is 15.2. The van der Waals surface area contributed by atoms with E-state index >= 15 is 0 Å². The van der Waals surface area contributed by atoms with Gasteiger partial charge in [0.15, 0.2) is 0 Å². The van der Waals surface area contributed by atoms with Gasteiger partial charge in [0.1, 0.15) is 11.8 Å². The van der Waals surface area contributed by atoms with E-state index in [9.17, 15) is 4.79 Å². The quantitative estimate of drug-likeness (QED) is 0.697. The van der Waals surface area contributed by atoms with E-state index in [2.05, 4.69) is 4.98 Å². The minimum Gasteiger partial charge on any atom is -0.466 e. The minimum absolute atomic E-state index is 0.186. The molecule has 0 aliphatic rings. The van der Waals surface area contributed by atoms with Gasteiger partial charge in [-0.2, -0.15) is 5.26 Å². The number of nitriles is 1. The monoisotopic (exact) mass is 204 g/mol. The van der Waals surface area contributed by atoms with Crippen molar-refractivity contribution in [3.05, 3.63) is 29.1 Å². The average Bonchev–Trinajstić information content (AvgIpc) is 2.17. The van der Waals surface area contributed by atoms with Crippen molar-refractivity contribution in [3.8, 4) is 6.07 Å². The van der Waals surface area contributed by atoms with Gasteiger partial charge in [0.25, 0.3) is 0 Å². The van der Waals surface area contributed by atoms with Crippen LogP contribution < -0.4 is 0 Å². The van der Waals surface area contributed by atoms with E-state index in [0.717, 1.165) is 11.3 Å². The van der Waals surface area contributed by atoms with E-state index in [1.807, 2.05) is 6.07 Å². The van der Waals surface area contributed by atoms with E-state index in [-0.39, 0.29) is 12.4 Å². The second kappa shape index (κ2) is 5.11. The zero-order valence-electron chi connectivity index (χ0n) is 8.78. The molecule has 1 heterocycles. The third-order valence-corrected chi connectivity index (χ3v) is 1.78. The lowest BCUT2D eigenvalue weighted by Gasteiger charge is -2.03. The fourth-order valence-corrected chi connectivity index (χ4v) is 1.28. The molecule has 4 heteroatoms. The molecule has 4 nitrogen and oxygen atoms in total. The Morgan fingerprint density at radius 1 is 1.60 bits per heavy atom. The van der Waals surface area contributed by atoms with Crippen LogP contribution in [-0.4, -0.2) is 17.6 Å². The number of carbonyl (C=O) groups excluding carboxylic acids is 1. The molecule has 0 radical (unpaired) electrons. The summed E-state index contributed by atoms with van der Waals surface area (Å²) in [5.74, 6) is -0.285. The van der Waals surface area contributed by atoms with Crippen LogP contribution in [-0.2, 0) is 16.0 Å². The summed E-state index contributed by atoms with van der Waals surface area (Å²) in [7, 11) is 0. The van der Waals surface area contributed by atoms with Crippen LogP contribution in [0.5, 0.6) is 0 Å². The van der Waals surface area contributed by atoms with Gasteiger partial charge in [-0.3, -0.25) is 4.79 Å². The zero-order valence-corrected chi connectivity index (χ0v) is 8.78. The van der Waals surface area contributed by atoms with Gasteiger partial charge < -0.3 is 4.74 Å². The first kappa shape index (κ1) is 11.2. The Hall–Kier alpha value is -1.89. The standard InChI is InChI=1S/C11H12N2O2/c1-3-15-11(14)6-9-4-8(2)13-10(5-9)7-12/h4-5H,3,6H2,1-2H3. The molecule has 0 aliphatic heterocycles. The highest BCUT2D eigenvalue weighted by Crippen LogP contribution is 2.06. The summed E-state index contributed by atoms with van der Waals surface area (Å²) in [6, 6.07) is 5.33. The van der Waals surface area contributed by atoms with Crippen molar-refractivity contribution in [1.29, 1.82) is 5.26 Å². The summed E-state index contributed by atoms with van der Waals surface area (Å²) >= 11 is 0. The topological polar surface area (TPSA) is 63.0 Å². The molecular weight excluding hydrogens is 192 g/mol. The zero-order chi connectivity index (χ0) is 11.3. The number of ether oxygens (including phenoxy) is 1. The second-order valence-electron chi connectivity index (χ2n) is 3.10. The van der Waals surface area contributed by atoms with Gasteiger partial charge >= 0.3 is 5.97 Å². The lowest BCUT2D eigenvalue weighted by molar-refractivity contribution is -0.142. The number of hydrogen-bond acceptors (Lipinski definition) is 4. The van der Waals surface area contributed by atoms with Crippen molar-refractivity contribution in [2.75, 3.05) is 6.61 Å². The fourth-order valence-electron chi connectivity index (χ4n) is 1.28. The van der Waals surface area contributed by atoms with Crippen LogP contribution in [0.15, 0.2) is 12.1 Å². The van der Waals surface area contributed by atoms with Gasteiger partial charge in [0.2, 0.25) is 0 Å². The predicted octanol–water partition coefficient (Wildman–Crippen LogP) is 1.37. The van der Waals surface area contributed by atoms with Crippen molar-refractivity contribution in [1.82, 2.24) is 4.98 Å². The lowest BCUT2D eigenvalue weighted by atomic mass is 10.1. The predicted molar refractivity (Wildman–Crippen MR) is 54.0 cm³/mol. The summed E-state index contributed by atoms with van der Waals surface area (Å²) in [6.07, 6.45) is 0.186. The van der Waals surface area contributed by atoms with Crippen LogP contribution in [0, 0.1) is 18.3 Å². The second-order valence-corrected chi connectivity index (χ2v) is 3.10. The number of nitrogens with zero attached hydrogens (tertiary/aromatic N) is 2. The number of aryl methyl sites for hydroxylation is 1. The Kier molecular flexibility index (Phi) is 3.81. The first-order valence-corrected chi connectivity index (χ1v) is 4.69. The van der Waals surface area contributed by atoms with Crippen LogP contribution >= 0.6 is 0 Å². The summed E-state index contributed by atoms with van der Waals surface area (Å²) in [5.41, 5.74) is 1.82. The molecule has 78 valence electrons. The van der Waals surface area contributed by atoms with Crippen molar-refractivity contribution in [2.24, 2.45) is 0 Å². The van der Waals surface area contributed by atoms with Crippen molar-refractivity contribution < 1.29 is 9.53 Å². The number of carbonyl (C=O) groups is 1. The van der Waals surface area contributed by atoms with Gasteiger partial charge in [-0.05, 0) is 31.5 Å². The maximum absolute atomic E-state index is 11.2. The SMILES string of the molecule is CCOC(=O)Cc1cc(C)nc(C#N)c1. The Balaban J connectivity index is 2.82. The molecule has 0 unspecified atom stereocenters. The van der Waals surface area contributed by atoms with Gasteiger partial charge in [-0.15, -0.1) is 0 Å². The molecule has 0 atom stereocenters. The number of hydrogen-bond donors (Lipinski definition) is 0. The van der Waals surface area contributed by atoms with Crippen LogP contribution in [0.4, 0.5) is 0 Å². The molecule has 0 bridgehead atoms. The van der Waals surface area contributed by atoms with Gasteiger partial charge in [0.05, 0.1) is 13.0 Å². The lowest BCUT2D eigenvalue weighted by Crippen LogP contribution is -2.08. The first-order chi connectivity index (χ1) is 7.15. The summed E-state index contributed by atoms with van der Waals surface area (Å²) in [6.45, 7) is 3.92.